The third kappa shape index (κ3) is 2.45. The van der Waals surface area contributed by atoms with E-state index < -0.39 is 0 Å². The number of nitrogens with one attached hydrogen (secondary N) is 1. The standard InChI is InChI=1S/C15H18BrClFN/c1-19-15(10-5-8-2-3-9(10)4-8)11-6-13(17)12(16)7-14(11)18/h6-10,15,19H,2-5H2,1H3. The molecule has 4 atom stereocenters. The highest BCUT2D eigenvalue weighted by Gasteiger charge is 2.43. The third-order valence-electron chi connectivity index (χ3n) is 4.91. The Kier molecular flexibility index (Phi) is 3.89. The van der Waals surface area contributed by atoms with Gasteiger partial charge in [-0.15, -0.1) is 0 Å². The van der Waals surface area contributed by atoms with E-state index in [1.54, 1.807) is 6.07 Å². The van der Waals surface area contributed by atoms with Gasteiger partial charge in [-0.25, -0.2) is 4.39 Å². The van der Waals surface area contributed by atoms with Crippen LogP contribution >= 0.6 is 27.5 Å². The van der Waals surface area contributed by atoms with Gasteiger partial charge in [-0.1, -0.05) is 18.0 Å². The van der Waals surface area contributed by atoms with Crippen molar-refractivity contribution in [2.75, 3.05) is 7.05 Å². The first-order valence-electron chi connectivity index (χ1n) is 6.92. The fourth-order valence-corrected chi connectivity index (χ4v) is 4.57. The normalized spacial score (nSPS) is 30.8. The summed E-state index contributed by atoms with van der Waals surface area (Å²) < 4.78 is 14.9. The van der Waals surface area contributed by atoms with E-state index in [9.17, 15) is 4.39 Å². The molecule has 2 bridgehead atoms. The Morgan fingerprint density at radius 3 is 2.74 bits per heavy atom. The van der Waals surface area contributed by atoms with Crippen molar-refractivity contribution in [2.45, 2.75) is 31.7 Å². The molecule has 1 aromatic carbocycles. The molecule has 2 aliphatic carbocycles. The van der Waals surface area contributed by atoms with Gasteiger partial charge in [0.15, 0.2) is 0 Å². The number of benzene rings is 1. The lowest BCUT2D eigenvalue weighted by atomic mass is 9.80. The Morgan fingerprint density at radius 2 is 2.16 bits per heavy atom. The lowest BCUT2D eigenvalue weighted by Gasteiger charge is -2.31. The zero-order chi connectivity index (χ0) is 13.6. The highest BCUT2D eigenvalue weighted by molar-refractivity contribution is 9.10. The van der Waals surface area contributed by atoms with Crippen molar-refractivity contribution in [3.8, 4) is 0 Å². The maximum absolute atomic E-state index is 14.2. The zero-order valence-corrected chi connectivity index (χ0v) is 13.3. The number of fused-ring (bicyclic) bond motifs is 2. The van der Waals surface area contributed by atoms with Crippen LogP contribution in [-0.4, -0.2) is 7.05 Å². The molecule has 2 fully saturated rings. The lowest BCUT2D eigenvalue weighted by Crippen LogP contribution is -2.29. The van der Waals surface area contributed by atoms with Crippen molar-refractivity contribution < 1.29 is 4.39 Å². The van der Waals surface area contributed by atoms with Gasteiger partial charge in [-0.05, 0) is 72.1 Å². The van der Waals surface area contributed by atoms with E-state index >= 15 is 0 Å². The summed E-state index contributed by atoms with van der Waals surface area (Å²) in [6.45, 7) is 0. The van der Waals surface area contributed by atoms with E-state index in [1.807, 2.05) is 7.05 Å². The fourth-order valence-electron chi connectivity index (χ4n) is 4.08. The molecule has 4 heteroatoms. The van der Waals surface area contributed by atoms with Gasteiger partial charge in [-0.2, -0.15) is 0 Å². The Morgan fingerprint density at radius 1 is 1.37 bits per heavy atom. The molecule has 1 N–H and O–H groups in total. The molecule has 0 spiro atoms. The minimum atomic E-state index is -0.168. The summed E-state index contributed by atoms with van der Waals surface area (Å²) in [5, 5.41) is 3.90. The summed E-state index contributed by atoms with van der Waals surface area (Å²) in [6, 6.07) is 3.34. The maximum Gasteiger partial charge on any atom is 0.129 e. The number of hydrogen-bond donors (Lipinski definition) is 1. The van der Waals surface area contributed by atoms with E-state index in [1.165, 1.54) is 31.7 Å². The van der Waals surface area contributed by atoms with E-state index in [4.69, 9.17) is 11.6 Å². The second-order valence-corrected chi connectivity index (χ2v) is 7.15. The van der Waals surface area contributed by atoms with E-state index in [-0.39, 0.29) is 11.9 Å². The summed E-state index contributed by atoms with van der Waals surface area (Å²) in [6.07, 6.45) is 5.22. The van der Waals surface area contributed by atoms with Crippen LogP contribution in [-0.2, 0) is 0 Å². The summed E-state index contributed by atoms with van der Waals surface area (Å²) in [5.74, 6) is 2.00. The summed E-state index contributed by atoms with van der Waals surface area (Å²) in [5.41, 5.74) is 0.716. The Hall–Kier alpha value is -0.120. The second kappa shape index (κ2) is 5.34. The third-order valence-corrected chi connectivity index (χ3v) is 6.10. The minimum absolute atomic E-state index is 0.0842. The highest BCUT2D eigenvalue weighted by atomic mass is 79.9. The van der Waals surface area contributed by atoms with Crippen LogP contribution in [0.1, 0.15) is 37.3 Å². The lowest BCUT2D eigenvalue weighted by molar-refractivity contribution is 0.255. The molecule has 2 aliphatic rings. The van der Waals surface area contributed by atoms with Gasteiger partial charge in [0.25, 0.3) is 0 Å². The van der Waals surface area contributed by atoms with E-state index in [0.717, 1.165) is 11.8 Å². The largest absolute Gasteiger partial charge is 0.313 e. The molecule has 2 saturated carbocycles. The molecule has 0 heterocycles. The summed E-state index contributed by atoms with van der Waals surface area (Å²) >= 11 is 9.41. The quantitative estimate of drug-likeness (QED) is 0.765. The molecule has 0 aliphatic heterocycles. The van der Waals surface area contributed by atoms with Gasteiger partial charge in [0.05, 0.1) is 5.02 Å². The maximum atomic E-state index is 14.2. The van der Waals surface area contributed by atoms with Crippen molar-refractivity contribution in [2.24, 2.45) is 17.8 Å². The smallest absolute Gasteiger partial charge is 0.129 e. The first kappa shape index (κ1) is 13.8. The van der Waals surface area contributed by atoms with Crippen molar-refractivity contribution in [1.82, 2.24) is 5.32 Å². The Bertz CT molecular complexity index is 493. The average molecular weight is 347 g/mol. The molecule has 1 aromatic rings. The van der Waals surface area contributed by atoms with Crippen LogP contribution in [0.25, 0.3) is 0 Å². The van der Waals surface area contributed by atoms with E-state index in [2.05, 4.69) is 21.2 Å². The summed E-state index contributed by atoms with van der Waals surface area (Å²) in [7, 11) is 1.92. The highest BCUT2D eigenvalue weighted by Crippen LogP contribution is 2.53. The van der Waals surface area contributed by atoms with Crippen LogP contribution in [0.15, 0.2) is 16.6 Å². The van der Waals surface area contributed by atoms with Gasteiger partial charge in [0, 0.05) is 16.1 Å². The topological polar surface area (TPSA) is 12.0 Å². The molecule has 0 amide bonds. The van der Waals surface area contributed by atoms with Crippen LogP contribution in [0.5, 0.6) is 0 Å². The number of halogens is 3. The minimum Gasteiger partial charge on any atom is -0.313 e. The molecular formula is C15H18BrClFN. The molecule has 0 saturated heterocycles. The molecule has 104 valence electrons. The van der Waals surface area contributed by atoms with Crippen LogP contribution in [0.3, 0.4) is 0 Å². The number of rotatable bonds is 3. The van der Waals surface area contributed by atoms with Crippen LogP contribution in [0, 0.1) is 23.6 Å². The van der Waals surface area contributed by atoms with Crippen molar-refractivity contribution in [3.05, 3.63) is 33.0 Å². The van der Waals surface area contributed by atoms with Crippen molar-refractivity contribution >= 4 is 27.5 Å². The monoisotopic (exact) mass is 345 g/mol. The SMILES string of the molecule is CNC(c1cc(Cl)c(Br)cc1F)C1CC2CCC1C2. The summed E-state index contributed by atoms with van der Waals surface area (Å²) in [4.78, 5) is 0. The molecule has 0 aromatic heterocycles. The number of hydrogen-bond acceptors (Lipinski definition) is 1. The van der Waals surface area contributed by atoms with Crippen LogP contribution < -0.4 is 5.32 Å². The van der Waals surface area contributed by atoms with Crippen LogP contribution in [0.4, 0.5) is 4.39 Å². The first-order valence-corrected chi connectivity index (χ1v) is 8.09. The van der Waals surface area contributed by atoms with E-state index in [0.29, 0.717) is 21.0 Å². The van der Waals surface area contributed by atoms with Gasteiger partial charge in [-0.3, -0.25) is 0 Å². The van der Waals surface area contributed by atoms with Crippen molar-refractivity contribution in [3.63, 3.8) is 0 Å². The van der Waals surface area contributed by atoms with Crippen molar-refractivity contribution in [1.29, 1.82) is 0 Å². The van der Waals surface area contributed by atoms with Gasteiger partial charge < -0.3 is 5.32 Å². The Balaban J connectivity index is 1.92. The Labute approximate surface area is 127 Å². The van der Waals surface area contributed by atoms with Crippen LogP contribution in [0.2, 0.25) is 5.02 Å². The second-order valence-electron chi connectivity index (χ2n) is 5.89. The van der Waals surface area contributed by atoms with Gasteiger partial charge >= 0.3 is 0 Å². The predicted molar refractivity (Wildman–Crippen MR) is 79.8 cm³/mol. The molecule has 3 rings (SSSR count). The average Bonchev–Trinajstić information content (AvgIpc) is 2.99. The molecular weight excluding hydrogens is 329 g/mol. The molecule has 4 unspecified atom stereocenters. The zero-order valence-electron chi connectivity index (χ0n) is 10.9. The first-order chi connectivity index (χ1) is 9.10. The molecule has 19 heavy (non-hydrogen) atoms. The van der Waals surface area contributed by atoms with Gasteiger partial charge in [0.2, 0.25) is 0 Å². The fraction of sp³-hybridized carbons (Fsp3) is 0.600. The molecule has 1 nitrogen and oxygen atoms in total. The van der Waals surface area contributed by atoms with Gasteiger partial charge in [0.1, 0.15) is 5.82 Å². The molecule has 0 radical (unpaired) electrons. The predicted octanol–water partition coefficient (Wildman–Crippen LogP) is 4.94.